The average Bonchev–Trinajstić information content (AvgIpc) is 2.57. The second kappa shape index (κ2) is 7.36. The molecule has 1 atom stereocenters. The molecule has 0 saturated heterocycles. The van der Waals surface area contributed by atoms with E-state index in [9.17, 15) is 8.42 Å². The highest BCUT2D eigenvalue weighted by Crippen LogP contribution is 2.29. The summed E-state index contributed by atoms with van der Waals surface area (Å²) in [6.07, 6.45) is 0. The Hall–Kier alpha value is -1.85. The van der Waals surface area contributed by atoms with Gasteiger partial charge in [-0.2, -0.15) is 4.31 Å². The van der Waals surface area contributed by atoms with Gasteiger partial charge in [-0.05, 0) is 61.7 Å². The summed E-state index contributed by atoms with van der Waals surface area (Å²) in [6, 6.07) is 12.5. The minimum Gasteiger partial charge on any atom is -0.497 e. The van der Waals surface area contributed by atoms with E-state index in [4.69, 9.17) is 4.74 Å². The molecule has 0 heterocycles. The fourth-order valence-electron chi connectivity index (χ4n) is 2.73. The number of nitrogens with zero attached hydrogens (tertiary/aromatic N) is 1. The maximum absolute atomic E-state index is 13.1. The summed E-state index contributed by atoms with van der Waals surface area (Å²) in [5, 5.41) is 0. The lowest BCUT2D eigenvalue weighted by atomic mass is 10.1. The number of aryl methyl sites for hydroxylation is 2. The van der Waals surface area contributed by atoms with Gasteiger partial charge in [0.2, 0.25) is 10.0 Å². The summed E-state index contributed by atoms with van der Waals surface area (Å²) in [4.78, 5) is 0.335. The zero-order valence-corrected chi connectivity index (χ0v) is 15.7. The monoisotopic (exact) mass is 347 g/mol. The Labute approximate surface area is 145 Å². The predicted octanol–water partition coefficient (Wildman–Crippen LogP) is 4.08. The molecule has 2 rings (SSSR count). The summed E-state index contributed by atoms with van der Waals surface area (Å²) in [5.41, 5.74) is 2.96. The zero-order valence-electron chi connectivity index (χ0n) is 14.9. The van der Waals surface area contributed by atoms with Crippen LogP contribution < -0.4 is 4.74 Å². The van der Waals surface area contributed by atoms with Gasteiger partial charge in [0.15, 0.2) is 0 Å². The predicted molar refractivity (Wildman–Crippen MR) is 96.9 cm³/mol. The third-order valence-electron chi connectivity index (χ3n) is 4.40. The maximum Gasteiger partial charge on any atom is 0.243 e. The Kier molecular flexibility index (Phi) is 5.67. The highest BCUT2D eigenvalue weighted by atomic mass is 32.2. The molecule has 0 N–H and O–H groups in total. The van der Waals surface area contributed by atoms with Crippen LogP contribution in [0.2, 0.25) is 0 Å². The molecule has 0 aliphatic heterocycles. The van der Waals surface area contributed by atoms with Gasteiger partial charge in [-0.3, -0.25) is 0 Å². The number of methoxy groups -OCH3 is 1. The van der Waals surface area contributed by atoms with Crippen LogP contribution in [0.25, 0.3) is 0 Å². The summed E-state index contributed by atoms with van der Waals surface area (Å²) < 4.78 is 33.0. The Morgan fingerprint density at radius 2 is 1.79 bits per heavy atom. The first-order chi connectivity index (χ1) is 11.3. The van der Waals surface area contributed by atoms with Gasteiger partial charge in [0.1, 0.15) is 5.75 Å². The molecule has 5 heteroatoms. The minimum atomic E-state index is -3.56. The van der Waals surface area contributed by atoms with E-state index < -0.39 is 10.0 Å². The topological polar surface area (TPSA) is 46.6 Å². The average molecular weight is 347 g/mol. The second-order valence-electron chi connectivity index (χ2n) is 5.91. The van der Waals surface area contributed by atoms with Crippen LogP contribution in [0.4, 0.5) is 0 Å². The third kappa shape index (κ3) is 3.62. The van der Waals surface area contributed by atoms with Gasteiger partial charge >= 0.3 is 0 Å². The van der Waals surface area contributed by atoms with Crippen molar-refractivity contribution in [2.24, 2.45) is 0 Å². The van der Waals surface area contributed by atoms with Crippen LogP contribution in [0.5, 0.6) is 5.75 Å². The van der Waals surface area contributed by atoms with Gasteiger partial charge in [0, 0.05) is 12.6 Å². The summed E-state index contributed by atoms with van der Waals surface area (Å²) in [6.45, 7) is 8.05. The number of ether oxygens (including phenoxy) is 1. The van der Waals surface area contributed by atoms with Crippen LogP contribution in [0.1, 0.15) is 36.6 Å². The lowest BCUT2D eigenvalue weighted by Gasteiger charge is -2.28. The maximum atomic E-state index is 13.1. The Morgan fingerprint density at radius 1 is 1.08 bits per heavy atom. The van der Waals surface area contributed by atoms with Crippen molar-refractivity contribution in [2.45, 2.75) is 38.6 Å². The molecule has 0 saturated carbocycles. The molecule has 130 valence electrons. The van der Waals surface area contributed by atoms with E-state index in [1.54, 1.807) is 19.2 Å². The van der Waals surface area contributed by atoms with Crippen molar-refractivity contribution in [3.05, 3.63) is 59.2 Å². The van der Waals surface area contributed by atoms with Crippen molar-refractivity contribution < 1.29 is 13.2 Å². The van der Waals surface area contributed by atoms with Crippen LogP contribution in [0, 0.1) is 13.8 Å². The van der Waals surface area contributed by atoms with Gasteiger partial charge in [0.05, 0.1) is 12.0 Å². The lowest BCUT2D eigenvalue weighted by molar-refractivity contribution is 0.354. The zero-order chi connectivity index (χ0) is 17.9. The van der Waals surface area contributed by atoms with Gasteiger partial charge < -0.3 is 4.74 Å². The molecule has 0 fully saturated rings. The molecule has 0 amide bonds. The van der Waals surface area contributed by atoms with Crippen molar-refractivity contribution in [2.75, 3.05) is 13.7 Å². The third-order valence-corrected chi connectivity index (χ3v) is 6.45. The Morgan fingerprint density at radius 3 is 2.38 bits per heavy atom. The van der Waals surface area contributed by atoms with Crippen molar-refractivity contribution in [1.29, 1.82) is 0 Å². The standard InChI is InChI=1S/C19H25NO3S/c1-6-20(16(4)17-8-7-9-18(13-17)23-5)24(21,22)19-11-10-14(2)15(3)12-19/h7-13,16H,6H2,1-5H3. The molecule has 4 nitrogen and oxygen atoms in total. The van der Waals surface area contributed by atoms with Gasteiger partial charge in [0.25, 0.3) is 0 Å². The molecule has 0 aliphatic rings. The van der Waals surface area contributed by atoms with Crippen molar-refractivity contribution in [1.82, 2.24) is 4.31 Å². The highest BCUT2D eigenvalue weighted by Gasteiger charge is 2.29. The molecule has 1 unspecified atom stereocenters. The number of hydrogen-bond acceptors (Lipinski definition) is 3. The molecule has 2 aromatic rings. The van der Waals surface area contributed by atoms with Crippen LogP contribution in [0.15, 0.2) is 47.4 Å². The van der Waals surface area contributed by atoms with Crippen LogP contribution >= 0.6 is 0 Å². The Bertz CT molecular complexity index is 815. The van der Waals surface area contributed by atoms with E-state index in [-0.39, 0.29) is 6.04 Å². The first kappa shape index (κ1) is 18.5. The molecule has 0 aromatic heterocycles. The fraction of sp³-hybridized carbons (Fsp3) is 0.368. The quantitative estimate of drug-likeness (QED) is 0.791. The van der Waals surface area contributed by atoms with Gasteiger partial charge in [-0.15, -0.1) is 0 Å². The highest BCUT2D eigenvalue weighted by molar-refractivity contribution is 7.89. The second-order valence-corrected chi connectivity index (χ2v) is 7.80. The molecule has 0 spiro atoms. The molecule has 0 aliphatic carbocycles. The van der Waals surface area contributed by atoms with E-state index in [2.05, 4.69) is 0 Å². The first-order valence-electron chi connectivity index (χ1n) is 8.04. The van der Waals surface area contributed by atoms with Gasteiger partial charge in [-0.1, -0.05) is 25.1 Å². The Balaban J connectivity index is 2.43. The van der Waals surface area contributed by atoms with E-state index in [1.165, 1.54) is 4.31 Å². The molecule has 2 aromatic carbocycles. The number of benzene rings is 2. The molecule has 0 bridgehead atoms. The van der Waals surface area contributed by atoms with Crippen LogP contribution in [-0.4, -0.2) is 26.4 Å². The van der Waals surface area contributed by atoms with Crippen molar-refractivity contribution >= 4 is 10.0 Å². The molecule has 0 radical (unpaired) electrons. The van der Waals surface area contributed by atoms with Gasteiger partial charge in [-0.25, -0.2) is 8.42 Å². The SMILES string of the molecule is CCN(C(C)c1cccc(OC)c1)S(=O)(=O)c1ccc(C)c(C)c1. The lowest BCUT2D eigenvalue weighted by Crippen LogP contribution is -2.33. The van der Waals surface area contributed by atoms with Crippen molar-refractivity contribution in [3.8, 4) is 5.75 Å². The summed E-state index contributed by atoms with van der Waals surface area (Å²) in [5.74, 6) is 0.721. The van der Waals surface area contributed by atoms with E-state index in [1.807, 2.05) is 58.0 Å². The van der Waals surface area contributed by atoms with E-state index in [0.717, 1.165) is 22.4 Å². The summed E-state index contributed by atoms with van der Waals surface area (Å²) in [7, 11) is -1.96. The number of hydrogen-bond donors (Lipinski definition) is 0. The van der Waals surface area contributed by atoms with Crippen LogP contribution in [0.3, 0.4) is 0 Å². The normalized spacial score (nSPS) is 13.1. The smallest absolute Gasteiger partial charge is 0.243 e. The van der Waals surface area contributed by atoms with Crippen molar-refractivity contribution in [3.63, 3.8) is 0 Å². The largest absolute Gasteiger partial charge is 0.497 e. The van der Waals surface area contributed by atoms with E-state index >= 15 is 0 Å². The van der Waals surface area contributed by atoms with E-state index in [0.29, 0.717) is 11.4 Å². The molecular weight excluding hydrogens is 322 g/mol. The fourth-order valence-corrected chi connectivity index (χ4v) is 4.44. The van der Waals surface area contributed by atoms with Crippen LogP contribution in [-0.2, 0) is 10.0 Å². The molecule has 24 heavy (non-hydrogen) atoms. The first-order valence-corrected chi connectivity index (χ1v) is 9.48. The number of rotatable bonds is 6. The number of sulfonamides is 1. The minimum absolute atomic E-state index is 0.281. The molecular formula is C19H25NO3S. The summed E-state index contributed by atoms with van der Waals surface area (Å²) >= 11 is 0.